The summed E-state index contributed by atoms with van der Waals surface area (Å²) >= 11 is 0. The number of para-hydroxylation sites is 4. The fourth-order valence-electron chi connectivity index (χ4n) is 21.3. The first-order valence-corrected chi connectivity index (χ1v) is 45.9. The summed E-state index contributed by atoms with van der Waals surface area (Å²) in [6.07, 6.45) is 0. The van der Waals surface area contributed by atoms with Crippen molar-refractivity contribution in [3.8, 4) is 123 Å². The summed E-state index contributed by atoms with van der Waals surface area (Å²) in [6, 6.07) is 192. The summed E-state index contributed by atoms with van der Waals surface area (Å²) in [5.41, 5.74) is 37.3. The average Bonchev–Trinajstić information content (AvgIpc) is 1.53. The van der Waals surface area contributed by atoms with Crippen molar-refractivity contribution in [2.45, 2.75) is 10.8 Å². The molecular formula is C130H90N2O2. The van der Waals surface area contributed by atoms with Crippen molar-refractivity contribution >= 4 is 55.7 Å². The molecule has 22 aromatic carbocycles. The van der Waals surface area contributed by atoms with Gasteiger partial charge < -0.3 is 20.0 Å². The Morgan fingerprint density at radius 1 is 0.157 bits per heavy atom. The Morgan fingerprint density at radius 2 is 0.440 bits per heavy atom. The highest BCUT2D eigenvalue weighted by Crippen LogP contribution is 2.63. The van der Waals surface area contributed by atoms with E-state index in [0.29, 0.717) is 0 Å². The third-order valence-electron chi connectivity index (χ3n) is 27.3. The minimum absolute atomic E-state index is 0.261. The molecule has 0 bridgehead atoms. The van der Waals surface area contributed by atoms with Crippen molar-refractivity contribution in [1.82, 2.24) is 0 Å². The molecule has 2 N–H and O–H groups in total. The van der Waals surface area contributed by atoms with Gasteiger partial charge in [0.1, 0.15) is 11.5 Å². The number of rotatable bonds is 18. The van der Waals surface area contributed by atoms with Gasteiger partial charge in [-0.1, -0.05) is 455 Å². The highest BCUT2D eigenvalue weighted by molar-refractivity contribution is 6.04. The van der Waals surface area contributed by atoms with Gasteiger partial charge in [-0.15, -0.1) is 0 Å². The van der Waals surface area contributed by atoms with Crippen molar-refractivity contribution in [1.29, 1.82) is 0 Å². The number of fused-ring (bicyclic) bond motifs is 8. The fraction of sp³-hybridized carbons (Fsp3) is 0.0154. The second-order valence-electron chi connectivity index (χ2n) is 34.7. The zero-order valence-electron chi connectivity index (χ0n) is 73.6. The molecule has 0 heterocycles. The highest BCUT2D eigenvalue weighted by atomic mass is 16.3. The van der Waals surface area contributed by atoms with Crippen LogP contribution in [0.25, 0.3) is 133 Å². The first-order chi connectivity index (χ1) is 66.3. The number of aromatic hydroxyl groups is 2. The van der Waals surface area contributed by atoms with E-state index in [9.17, 15) is 10.2 Å². The zero-order valence-corrected chi connectivity index (χ0v) is 73.6. The molecule has 0 aromatic heterocycles. The molecule has 24 rings (SSSR count). The van der Waals surface area contributed by atoms with Crippen LogP contribution >= 0.6 is 0 Å². The van der Waals surface area contributed by atoms with Crippen LogP contribution < -0.4 is 9.80 Å². The number of anilines is 6. The normalized spacial score (nSPS) is 12.4. The Morgan fingerprint density at radius 3 is 0.873 bits per heavy atom. The third kappa shape index (κ3) is 14.3. The predicted molar refractivity (Wildman–Crippen MR) is 559 cm³/mol. The van der Waals surface area contributed by atoms with E-state index in [4.69, 9.17) is 0 Å². The minimum Gasteiger partial charge on any atom is -0.507 e. The SMILES string of the molecule is Oc1ccccc1-c1cccc(-c2ccccc2N(c2ccc(-c3ccc(-c4ccc5ccccc5c4)cc3)cc2)c2cccc3c2-c2ccccc2C3(c2ccccc2)c2ccccc2)c1.Oc1ccccc1-c1cccc(-c2ccccc2N(c2ccc(-c3ccc(-c4cccc5ccccc45)cc3)cc2)c2cccc3c2-c2ccccc2C3(c2ccccc2)c2ccccc2)c1. The summed E-state index contributed by atoms with van der Waals surface area (Å²) in [5.74, 6) is 0.522. The van der Waals surface area contributed by atoms with Gasteiger partial charge in [-0.05, 0) is 223 Å². The van der Waals surface area contributed by atoms with Gasteiger partial charge in [-0.25, -0.2) is 0 Å². The van der Waals surface area contributed by atoms with E-state index in [1.54, 1.807) is 12.1 Å². The molecule has 0 saturated heterocycles. The number of phenols is 2. The van der Waals surface area contributed by atoms with Crippen LogP contribution in [0.2, 0.25) is 0 Å². The lowest BCUT2D eigenvalue weighted by molar-refractivity contribution is 0.477. The number of hydrogen-bond donors (Lipinski definition) is 2. The molecule has 0 spiro atoms. The maximum Gasteiger partial charge on any atom is 0.123 e. The van der Waals surface area contributed by atoms with Gasteiger partial charge in [-0.2, -0.15) is 0 Å². The molecule has 0 fully saturated rings. The molecule has 4 nitrogen and oxygen atoms in total. The molecule has 134 heavy (non-hydrogen) atoms. The van der Waals surface area contributed by atoms with E-state index in [1.165, 1.54) is 111 Å². The number of benzene rings is 22. The van der Waals surface area contributed by atoms with Crippen LogP contribution in [-0.4, -0.2) is 10.2 Å². The molecule has 0 atom stereocenters. The van der Waals surface area contributed by atoms with Crippen LogP contribution in [0.3, 0.4) is 0 Å². The number of phenolic OH excluding ortho intramolecular Hbond substituents is 2. The number of nitrogens with zero attached hydrogens (tertiary/aromatic N) is 2. The summed E-state index contributed by atoms with van der Waals surface area (Å²) in [7, 11) is 0. The van der Waals surface area contributed by atoms with E-state index < -0.39 is 10.8 Å². The van der Waals surface area contributed by atoms with Gasteiger partial charge in [0.2, 0.25) is 0 Å². The monoisotopic (exact) mass is 1710 g/mol. The second kappa shape index (κ2) is 34.9. The van der Waals surface area contributed by atoms with Crippen LogP contribution in [0.4, 0.5) is 34.1 Å². The fourth-order valence-corrected chi connectivity index (χ4v) is 21.3. The van der Waals surface area contributed by atoms with Crippen molar-refractivity contribution in [2.24, 2.45) is 0 Å². The predicted octanol–water partition coefficient (Wildman–Crippen LogP) is 34.1. The molecule has 0 radical (unpaired) electrons. The van der Waals surface area contributed by atoms with E-state index in [1.807, 2.05) is 36.4 Å². The van der Waals surface area contributed by atoms with Gasteiger partial charge >= 0.3 is 0 Å². The maximum atomic E-state index is 10.9. The first-order valence-electron chi connectivity index (χ1n) is 45.9. The van der Waals surface area contributed by atoms with E-state index in [2.05, 4.69) is 495 Å². The highest BCUT2D eigenvalue weighted by Gasteiger charge is 2.49. The van der Waals surface area contributed by atoms with Crippen LogP contribution in [0.15, 0.2) is 534 Å². The smallest absolute Gasteiger partial charge is 0.123 e. The maximum absolute atomic E-state index is 10.9. The average molecular weight is 1710 g/mol. The molecule has 4 heteroatoms. The van der Waals surface area contributed by atoms with Gasteiger partial charge in [0, 0.05) is 44.8 Å². The number of hydrogen-bond acceptors (Lipinski definition) is 4. The van der Waals surface area contributed by atoms with Crippen molar-refractivity contribution in [3.05, 3.63) is 578 Å². The largest absolute Gasteiger partial charge is 0.507 e. The van der Waals surface area contributed by atoms with E-state index in [0.717, 1.165) is 101 Å². The Hall–Kier alpha value is -17.4. The Kier molecular flexibility index (Phi) is 21.1. The Bertz CT molecular complexity index is 8020. The lowest BCUT2D eigenvalue weighted by Crippen LogP contribution is -2.28. The van der Waals surface area contributed by atoms with Crippen molar-refractivity contribution < 1.29 is 10.2 Å². The van der Waals surface area contributed by atoms with Gasteiger partial charge in [-0.3, -0.25) is 0 Å². The van der Waals surface area contributed by atoms with Gasteiger partial charge in [0.25, 0.3) is 0 Å². The van der Waals surface area contributed by atoms with Crippen molar-refractivity contribution in [2.75, 3.05) is 9.80 Å². The summed E-state index contributed by atoms with van der Waals surface area (Å²) in [4.78, 5) is 4.91. The summed E-state index contributed by atoms with van der Waals surface area (Å²) in [6.45, 7) is 0. The van der Waals surface area contributed by atoms with Crippen LogP contribution in [0.1, 0.15) is 44.5 Å². The molecule has 0 saturated carbocycles. The lowest BCUT2D eigenvalue weighted by atomic mass is 9.68. The molecule has 2 aliphatic rings. The van der Waals surface area contributed by atoms with Crippen LogP contribution in [0, 0.1) is 0 Å². The molecule has 2 aliphatic carbocycles. The third-order valence-corrected chi connectivity index (χ3v) is 27.3. The van der Waals surface area contributed by atoms with Gasteiger partial charge in [0.15, 0.2) is 0 Å². The first kappa shape index (κ1) is 81.1. The molecule has 0 amide bonds. The lowest BCUT2D eigenvalue weighted by Gasteiger charge is -2.34. The van der Waals surface area contributed by atoms with Crippen LogP contribution in [-0.2, 0) is 10.8 Å². The topological polar surface area (TPSA) is 46.9 Å². The van der Waals surface area contributed by atoms with E-state index in [-0.39, 0.29) is 11.5 Å². The summed E-state index contributed by atoms with van der Waals surface area (Å²) in [5, 5.41) is 26.9. The molecule has 22 aromatic rings. The summed E-state index contributed by atoms with van der Waals surface area (Å²) < 4.78 is 0. The molecular weight excluding hydrogens is 1620 g/mol. The van der Waals surface area contributed by atoms with Gasteiger partial charge in [0.05, 0.1) is 33.6 Å². The standard InChI is InChI=1S/2C65H45NO/c67-63-35-14-11-28-57(63)50-21-15-20-49(44-50)56-27-10-13-33-61(56)66(53-42-40-46(41-43-53)45-36-38-48(39-37-45)55-30-16-19-47-18-7-8-26-54(47)55)62-34-17-32-60-64(62)58-29-9-12-31-59(58)65(60,51-22-3-1-4-23-51)52-24-5-2-6-25-52;67-63-32-14-11-26-57(63)52-20-15-19-51(44-52)56-25-10-13-30-61(56)66(55-41-39-47(40-42-55)46-33-35-48(36-34-46)50-38-37-45-17-7-8-18-49(45)43-50)62-31-16-29-60-64(62)58-27-9-12-28-59(58)65(60,53-21-3-1-4-22-53)54-23-5-2-6-24-54/h2*1-44,67H. The van der Waals surface area contributed by atoms with E-state index >= 15 is 0 Å². The quantitative estimate of drug-likeness (QED) is 0.0899. The molecule has 0 aliphatic heterocycles. The van der Waals surface area contributed by atoms with Crippen molar-refractivity contribution in [3.63, 3.8) is 0 Å². The Balaban J connectivity index is 0.000000151. The van der Waals surface area contributed by atoms with Crippen LogP contribution in [0.5, 0.6) is 11.5 Å². The second-order valence-corrected chi connectivity index (χ2v) is 34.7. The molecule has 632 valence electrons. The molecule has 0 unspecified atom stereocenters. The Labute approximate surface area is 782 Å². The zero-order chi connectivity index (χ0) is 89.5. The minimum atomic E-state index is -0.552.